The predicted molar refractivity (Wildman–Crippen MR) is 227 cm³/mol. The van der Waals surface area contributed by atoms with E-state index >= 15 is 0 Å². The minimum absolute atomic E-state index is 0.617. The van der Waals surface area contributed by atoms with Crippen LogP contribution >= 0.6 is 0 Å². The van der Waals surface area contributed by atoms with Crippen LogP contribution in [0.3, 0.4) is 0 Å². The maximum absolute atomic E-state index is 6.43. The van der Waals surface area contributed by atoms with Gasteiger partial charge in [-0.05, 0) is 63.7 Å². The molecule has 0 amide bonds. The zero-order chi connectivity index (χ0) is 37.0. The Balaban J connectivity index is 0.997. The highest BCUT2D eigenvalue weighted by molar-refractivity contribution is 6.18. The van der Waals surface area contributed by atoms with E-state index in [1.54, 1.807) is 0 Å². The van der Waals surface area contributed by atoms with Gasteiger partial charge >= 0.3 is 0 Å². The maximum Gasteiger partial charge on any atom is 0.164 e. The van der Waals surface area contributed by atoms with Crippen LogP contribution in [-0.2, 0) is 0 Å². The van der Waals surface area contributed by atoms with Gasteiger partial charge in [0.05, 0.1) is 0 Å². The topological polar surface area (TPSA) is 65.0 Å². The molecule has 0 saturated carbocycles. The Morgan fingerprint density at radius 3 is 1.50 bits per heavy atom. The van der Waals surface area contributed by atoms with Gasteiger partial charge in [0, 0.05) is 44.3 Å². The van der Waals surface area contributed by atoms with Crippen molar-refractivity contribution in [3.63, 3.8) is 0 Å². The second-order valence-corrected chi connectivity index (χ2v) is 14.0. The molecule has 11 rings (SSSR count). The molecule has 5 nitrogen and oxygen atoms in total. The van der Waals surface area contributed by atoms with Gasteiger partial charge in [0.25, 0.3) is 0 Å². The number of fused-ring (bicyclic) bond motifs is 6. The van der Waals surface area contributed by atoms with Crippen LogP contribution in [0.4, 0.5) is 0 Å². The molecule has 11 aromatic rings. The number of rotatable bonds is 6. The van der Waals surface area contributed by atoms with Gasteiger partial charge in [-0.15, -0.1) is 0 Å². The van der Waals surface area contributed by atoms with Gasteiger partial charge in [0.15, 0.2) is 17.5 Å². The summed E-state index contributed by atoms with van der Waals surface area (Å²) in [5, 5.41) is 4.33. The Bertz CT molecular complexity index is 3240. The molecule has 0 atom stereocenters. The van der Waals surface area contributed by atoms with Crippen molar-refractivity contribution < 1.29 is 8.83 Å². The second kappa shape index (κ2) is 13.0. The standard InChI is InChI=1S/C51H31N3O2/c1-3-12-32(13-4-1)33-24-26-35(27-25-33)50-52-49(34-14-5-2-6-15-34)53-51(54-50)39-19-10-17-37(29-39)36-16-9-18-38(28-36)40-21-11-23-45-48(40)43-30-42-41-20-7-8-22-44(41)55-46(42)31-47(43)56-45/h1-31H. The monoisotopic (exact) mass is 717 g/mol. The van der Waals surface area contributed by atoms with Crippen molar-refractivity contribution in [1.29, 1.82) is 0 Å². The van der Waals surface area contributed by atoms with Crippen molar-refractivity contribution in [3.05, 3.63) is 188 Å². The summed E-state index contributed by atoms with van der Waals surface area (Å²) in [7, 11) is 0. The molecule has 8 aromatic carbocycles. The molecule has 262 valence electrons. The molecule has 0 unspecified atom stereocenters. The SMILES string of the molecule is c1ccc(-c2ccc(-c3nc(-c4ccccc4)nc(-c4cccc(-c5cccc(-c6cccc7oc8cc9oc%10ccccc%10c9cc8c67)c5)c4)n3)cc2)cc1. The Morgan fingerprint density at radius 2 is 0.750 bits per heavy atom. The molecule has 0 spiro atoms. The molecular weight excluding hydrogens is 687 g/mol. The molecule has 0 N–H and O–H groups in total. The number of aromatic nitrogens is 3. The molecular formula is C51H31N3O2. The number of para-hydroxylation sites is 1. The van der Waals surface area contributed by atoms with E-state index in [-0.39, 0.29) is 0 Å². The summed E-state index contributed by atoms with van der Waals surface area (Å²) in [5.74, 6) is 1.87. The van der Waals surface area contributed by atoms with E-state index in [1.165, 1.54) is 5.56 Å². The van der Waals surface area contributed by atoms with Crippen LogP contribution in [-0.4, -0.2) is 15.0 Å². The smallest absolute Gasteiger partial charge is 0.164 e. The predicted octanol–water partition coefficient (Wildman–Crippen LogP) is 13.7. The van der Waals surface area contributed by atoms with Gasteiger partial charge in [-0.25, -0.2) is 15.0 Å². The minimum Gasteiger partial charge on any atom is -0.456 e. The molecule has 3 aromatic heterocycles. The first-order valence-corrected chi connectivity index (χ1v) is 18.7. The molecule has 0 radical (unpaired) electrons. The second-order valence-electron chi connectivity index (χ2n) is 14.0. The number of benzene rings is 8. The third kappa shape index (κ3) is 5.53. The lowest BCUT2D eigenvalue weighted by atomic mass is 9.95. The molecule has 0 aliphatic heterocycles. The molecule has 3 heterocycles. The fourth-order valence-electron chi connectivity index (χ4n) is 7.78. The zero-order valence-corrected chi connectivity index (χ0v) is 30.1. The molecule has 56 heavy (non-hydrogen) atoms. The third-order valence-electron chi connectivity index (χ3n) is 10.5. The summed E-state index contributed by atoms with van der Waals surface area (Å²) in [6.07, 6.45) is 0. The van der Waals surface area contributed by atoms with Crippen molar-refractivity contribution in [2.75, 3.05) is 0 Å². The highest BCUT2D eigenvalue weighted by Gasteiger charge is 2.18. The van der Waals surface area contributed by atoms with E-state index < -0.39 is 0 Å². The lowest BCUT2D eigenvalue weighted by Crippen LogP contribution is -2.00. The Labute approximate surface area is 322 Å². The highest BCUT2D eigenvalue weighted by Crippen LogP contribution is 2.41. The lowest BCUT2D eigenvalue weighted by Gasteiger charge is -2.11. The van der Waals surface area contributed by atoms with Crippen molar-refractivity contribution in [2.45, 2.75) is 0 Å². The van der Waals surface area contributed by atoms with E-state index in [4.69, 9.17) is 23.8 Å². The summed E-state index contributed by atoms with van der Waals surface area (Å²) in [4.78, 5) is 15.0. The Hall–Kier alpha value is -7.63. The normalized spacial score (nSPS) is 11.6. The summed E-state index contributed by atoms with van der Waals surface area (Å²) >= 11 is 0. The van der Waals surface area contributed by atoms with E-state index in [0.717, 1.165) is 88.4 Å². The first kappa shape index (κ1) is 31.9. The molecule has 0 saturated heterocycles. The van der Waals surface area contributed by atoms with Crippen molar-refractivity contribution in [2.24, 2.45) is 0 Å². The van der Waals surface area contributed by atoms with E-state index in [1.807, 2.05) is 66.7 Å². The van der Waals surface area contributed by atoms with Gasteiger partial charge < -0.3 is 8.83 Å². The van der Waals surface area contributed by atoms with Crippen LogP contribution in [0.15, 0.2) is 197 Å². The average molecular weight is 718 g/mol. The Kier molecular flexibility index (Phi) is 7.42. The van der Waals surface area contributed by atoms with E-state index in [0.29, 0.717) is 17.5 Å². The average Bonchev–Trinajstić information content (AvgIpc) is 3.83. The first-order chi connectivity index (χ1) is 27.7. The van der Waals surface area contributed by atoms with Crippen LogP contribution in [0, 0.1) is 0 Å². The number of hydrogen-bond acceptors (Lipinski definition) is 5. The fraction of sp³-hybridized carbons (Fsp3) is 0. The van der Waals surface area contributed by atoms with Crippen LogP contribution < -0.4 is 0 Å². The number of furan rings is 2. The summed E-state index contributed by atoms with van der Waals surface area (Å²) in [5.41, 5.74) is 12.8. The summed E-state index contributed by atoms with van der Waals surface area (Å²) in [6.45, 7) is 0. The van der Waals surface area contributed by atoms with Gasteiger partial charge in [-0.3, -0.25) is 0 Å². The van der Waals surface area contributed by atoms with Gasteiger partial charge in [-0.1, -0.05) is 152 Å². The lowest BCUT2D eigenvalue weighted by molar-refractivity contribution is 0.656. The van der Waals surface area contributed by atoms with E-state index in [2.05, 4.69) is 121 Å². The quantitative estimate of drug-likeness (QED) is 0.171. The fourth-order valence-corrected chi connectivity index (χ4v) is 7.78. The molecule has 5 heteroatoms. The van der Waals surface area contributed by atoms with Gasteiger partial charge in [-0.2, -0.15) is 0 Å². The highest BCUT2D eigenvalue weighted by atomic mass is 16.3. The minimum atomic E-state index is 0.617. The molecule has 0 fully saturated rings. The van der Waals surface area contributed by atoms with Crippen LogP contribution in [0.5, 0.6) is 0 Å². The third-order valence-corrected chi connectivity index (χ3v) is 10.5. The zero-order valence-electron chi connectivity index (χ0n) is 30.1. The molecule has 0 aliphatic carbocycles. The Morgan fingerprint density at radius 1 is 0.268 bits per heavy atom. The van der Waals surface area contributed by atoms with Gasteiger partial charge in [0.1, 0.15) is 22.3 Å². The van der Waals surface area contributed by atoms with Gasteiger partial charge in [0.2, 0.25) is 0 Å². The van der Waals surface area contributed by atoms with Crippen molar-refractivity contribution in [1.82, 2.24) is 15.0 Å². The number of hydrogen-bond donors (Lipinski definition) is 0. The van der Waals surface area contributed by atoms with Crippen LogP contribution in [0.25, 0.3) is 111 Å². The number of nitrogens with zero attached hydrogens (tertiary/aromatic N) is 3. The largest absolute Gasteiger partial charge is 0.456 e. The van der Waals surface area contributed by atoms with E-state index in [9.17, 15) is 0 Å². The first-order valence-electron chi connectivity index (χ1n) is 18.7. The van der Waals surface area contributed by atoms with Crippen LogP contribution in [0.2, 0.25) is 0 Å². The molecule has 0 aliphatic rings. The summed E-state index contributed by atoms with van der Waals surface area (Å²) in [6, 6.07) is 64.7. The molecule has 0 bridgehead atoms. The van der Waals surface area contributed by atoms with Crippen molar-refractivity contribution >= 4 is 43.9 Å². The van der Waals surface area contributed by atoms with Crippen molar-refractivity contribution in [3.8, 4) is 67.5 Å². The van der Waals surface area contributed by atoms with Crippen LogP contribution in [0.1, 0.15) is 0 Å². The summed E-state index contributed by atoms with van der Waals surface area (Å²) < 4.78 is 12.6. The maximum atomic E-state index is 6.43.